The quantitative estimate of drug-likeness (QED) is 0.658. The standard InChI is InChI=1S/C26H34ClN3O2/c1-25(2)22(29-7-9-32-10-8-29)23(30(24(25)31)21-5-3-20(27)4-6-21)28-26-14-17-11-18(15-26)13-19(12-17)16-26/h3-6,17-19,22H,7-16H2,1-2H3/t17?,18?,19?,22-,26?/m1/s1. The SMILES string of the molecule is CC1(C)C(=O)N(c2ccc(Cl)cc2)C(=NC23CC4CC(CC(C4)C2)C3)[C@H]1N1CCOCC1. The van der Waals surface area contributed by atoms with Crippen LogP contribution >= 0.6 is 11.6 Å². The molecule has 0 spiro atoms. The first-order valence-electron chi connectivity index (χ1n) is 12.4. The van der Waals surface area contributed by atoms with Gasteiger partial charge in [-0.2, -0.15) is 0 Å². The number of benzene rings is 1. The van der Waals surface area contributed by atoms with Gasteiger partial charge in [-0.1, -0.05) is 11.6 Å². The van der Waals surface area contributed by atoms with E-state index in [0.717, 1.165) is 42.4 Å². The molecule has 1 aromatic rings. The maximum Gasteiger partial charge on any atom is 0.240 e. The van der Waals surface area contributed by atoms with Crippen LogP contribution in [-0.4, -0.2) is 54.5 Å². The molecule has 0 unspecified atom stereocenters. The second-order valence-electron chi connectivity index (χ2n) is 11.5. The lowest BCUT2D eigenvalue weighted by molar-refractivity contribution is -0.126. The van der Waals surface area contributed by atoms with Crippen molar-refractivity contribution in [3.63, 3.8) is 0 Å². The fourth-order valence-corrected chi connectivity index (χ4v) is 7.93. The molecule has 5 nitrogen and oxygen atoms in total. The number of amidine groups is 1. The van der Waals surface area contributed by atoms with E-state index in [0.29, 0.717) is 18.2 Å². The molecule has 4 bridgehead atoms. The number of hydrogen-bond donors (Lipinski definition) is 0. The second kappa shape index (κ2) is 7.54. The lowest BCUT2D eigenvalue weighted by atomic mass is 9.53. The number of rotatable bonds is 3. The monoisotopic (exact) mass is 455 g/mol. The first-order chi connectivity index (χ1) is 15.3. The van der Waals surface area contributed by atoms with E-state index in [1.165, 1.54) is 38.5 Å². The summed E-state index contributed by atoms with van der Waals surface area (Å²) in [5.74, 6) is 3.57. The molecule has 1 amide bonds. The molecular formula is C26H34ClN3O2. The van der Waals surface area contributed by atoms with E-state index in [4.69, 9.17) is 21.3 Å². The number of morpholine rings is 1. The lowest BCUT2D eigenvalue weighted by Gasteiger charge is -2.55. The molecule has 2 heterocycles. The van der Waals surface area contributed by atoms with E-state index in [2.05, 4.69) is 18.7 Å². The van der Waals surface area contributed by atoms with Crippen molar-refractivity contribution in [2.75, 3.05) is 31.2 Å². The average molecular weight is 456 g/mol. The number of hydrogen-bond acceptors (Lipinski definition) is 4. The predicted molar refractivity (Wildman–Crippen MR) is 127 cm³/mol. The molecule has 172 valence electrons. The number of carbonyl (C=O) groups excluding carboxylic acids is 1. The van der Waals surface area contributed by atoms with E-state index < -0.39 is 5.41 Å². The molecule has 6 fully saturated rings. The number of carbonyl (C=O) groups is 1. The topological polar surface area (TPSA) is 45.1 Å². The minimum absolute atomic E-state index is 0.0139. The third-order valence-electron chi connectivity index (χ3n) is 8.76. The largest absolute Gasteiger partial charge is 0.379 e. The molecule has 2 saturated heterocycles. The van der Waals surface area contributed by atoms with Gasteiger partial charge in [0.05, 0.1) is 35.9 Å². The molecule has 0 aromatic heterocycles. The van der Waals surface area contributed by atoms with Gasteiger partial charge in [0.2, 0.25) is 5.91 Å². The first-order valence-corrected chi connectivity index (χ1v) is 12.7. The fourth-order valence-electron chi connectivity index (χ4n) is 7.81. The molecule has 4 saturated carbocycles. The van der Waals surface area contributed by atoms with Crippen LogP contribution in [0.15, 0.2) is 29.3 Å². The van der Waals surface area contributed by atoms with Gasteiger partial charge in [0.15, 0.2) is 0 Å². The smallest absolute Gasteiger partial charge is 0.240 e. The summed E-state index contributed by atoms with van der Waals surface area (Å²) >= 11 is 6.19. The number of anilines is 1. The predicted octanol–water partition coefficient (Wildman–Crippen LogP) is 4.78. The summed E-state index contributed by atoms with van der Waals surface area (Å²) in [6.07, 6.45) is 7.76. The maximum atomic E-state index is 13.9. The van der Waals surface area contributed by atoms with Crippen LogP contribution in [0.1, 0.15) is 52.4 Å². The van der Waals surface area contributed by atoms with Gasteiger partial charge in [-0.05, 0) is 94.4 Å². The number of ether oxygens (including phenoxy) is 1. The maximum absolute atomic E-state index is 13.9. The van der Waals surface area contributed by atoms with E-state index in [-0.39, 0.29) is 17.5 Å². The molecule has 7 rings (SSSR count). The van der Waals surface area contributed by atoms with Crippen LogP contribution in [0, 0.1) is 23.2 Å². The van der Waals surface area contributed by atoms with E-state index in [9.17, 15) is 4.79 Å². The average Bonchev–Trinajstić information content (AvgIpc) is 2.93. The number of halogens is 1. The summed E-state index contributed by atoms with van der Waals surface area (Å²) in [4.78, 5) is 23.9. The molecule has 4 aliphatic carbocycles. The zero-order chi connectivity index (χ0) is 22.1. The van der Waals surface area contributed by atoms with Crippen LogP contribution in [0.4, 0.5) is 5.69 Å². The summed E-state index contributed by atoms with van der Waals surface area (Å²) in [5, 5.41) is 0.684. The molecule has 1 aromatic carbocycles. The van der Waals surface area contributed by atoms with Gasteiger partial charge < -0.3 is 4.74 Å². The van der Waals surface area contributed by atoms with Gasteiger partial charge >= 0.3 is 0 Å². The minimum atomic E-state index is -0.544. The number of aliphatic imine (C=N–C) groups is 1. The Balaban J connectivity index is 1.47. The zero-order valence-corrected chi connectivity index (χ0v) is 20.0. The van der Waals surface area contributed by atoms with Gasteiger partial charge in [0.1, 0.15) is 5.84 Å². The van der Waals surface area contributed by atoms with Crippen LogP contribution in [0.25, 0.3) is 0 Å². The molecule has 0 radical (unpaired) electrons. The van der Waals surface area contributed by atoms with Crippen LogP contribution in [0.5, 0.6) is 0 Å². The lowest BCUT2D eigenvalue weighted by Crippen LogP contribution is -2.54. The van der Waals surface area contributed by atoms with Gasteiger partial charge in [-0.15, -0.1) is 0 Å². The van der Waals surface area contributed by atoms with E-state index in [1.807, 2.05) is 29.2 Å². The van der Waals surface area contributed by atoms with E-state index in [1.54, 1.807) is 0 Å². The third kappa shape index (κ3) is 3.35. The summed E-state index contributed by atoms with van der Waals surface area (Å²) in [6, 6.07) is 7.66. The van der Waals surface area contributed by atoms with Crippen molar-refractivity contribution in [2.45, 2.75) is 64.0 Å². The van der Waals surface area contributed by atoms with Gasteiger partial charge in [0, 0.05) is 18.1 Å². The van der Waals surface area contributed by atoms with Crippen LogP contribution in [-0.2, 0) is 9.53 Å². The highest BCUT2D eigenvalue weighted by molar-refractivity contribution is 6.31. The van der Waals surface area contributed by atoms with Crippen molar-refractivity contribution >= 4 is 29.0 Å². The summed E-state index contributed by atoms with van der Waals surface area (Å²) in [7, 11) is 0. The molecule has 6 aliphatic rings. The van der Waals surface area contributed by atoms with Gasteiger partial charge in [-0.25, -0.2) is 0 Å². The highest BCUT2D eigenvalue weighted by atomic mass is 35.5. The Labute approximate surface area is 196 Å². The van der Waals surface area contributed by atoms with Crippen LogP contribution < -0.4 is 4.90 Å². The van der Waals surface area contributed by atoms with E-state index >= 15 is 0 Å². The Morgan fingerprint density at radius 1 is 0.969 bits per heavy atom. The summed E-state index contributed by atoms with van der Waals surface area (Å²) in [5.41, 5.74) is 0.352. The van der Waals surface area contributed by atoms with Gasteiger partial charge in [-0.3, -0.25) is 19.6 Å². The Kier molecular flexibility index (Phi) is 4.98. The zero-order valence-electron chi connectivity index (χ0n) is 19.2. The van der Waals surface area contributed by atoms with Crippen molar-refractivity contribution < 1.29 is 9.53 Å². The van der Waals surface area contributed by atoms with Crippen molar-refractivity contribution in [1.82, 2.24) is 4.90 Å². The Bertz CT molecular complexity index is 900. The third-order valence-corrected chi connectivity index (χ3v) is 9.02. The Morgan fingerprint density at radius 3 is 2.09 bits per heavy atom. The van der Waals surface area contributed by atoms with Gasteiger partial charge in [0.25, 0.3) is 0 Å². The molecule has 32 heavy (non-hydrogen) atoms. The van der Waals surface area contributed by atoms with Crippen LogP contribution in [0.2, 0.25) is 5.02 Å². The molecule has 1 atom stereocenters. The molecule has 6 heteroatoms. The highest BCUT2D eigenvalue weighted by Crippen LogP contribution is 2.58. The summed E-state index contributed by atoms with van der Waals surface area (Å²) in [6.45, 7) is 7.31. The molecule has 2 aliphatic heterocycles. The highest BCUT2D eigenvalue weighted by Gasteiger charge is 2.57. The molecule has 0 N–H and O–H groups in total. The number of nitrogens with zero attached hydrogens (tertiary/aromatic N) is 3. The Hall–Kier alpha value is -1.43. The first kappa shape index (κ1) is 21.1. The summed E-state index contributed by atoms with van der Waals surface area (Å²) < 4.78 is 5.65. The van der Waals surface area contributed by atoms with Crippen molar-refractivity contribution in [3.05, 3.63) is 29.3 Å². The van der Waals surface area contributed by atoms with Crippen molar-refractivity contribution in [1.29, 1.82) is 0 Å². The normalized spacial score (nSPS) is 39.9. The molecular weight excluding hydrogens is 422 g/mol. The van der Waals surface area contributed by atoms with Crippen LogP contribution in [0.3, 0.4) is 0 Å². The minimum Gasteiger partial charge on any atom is -0.379 e. The Morgan fingerprint density at radius 2 is 1.53 bits per heavy atom. The number of amides is 1. The van der Waals surface area contributed by atoms with Crippen molar-refractivity contribution in [3.8, 4) is 0 Å². The second-order valence-corrected chi connectivity index (χ2v) is 11.9. The van der Waals surface area contributed by atoms with Crippen molar-refractivity contribution in [2.24, 2.45) is 28.2 Å². The fraction of sp³-hybridized carbons (Fsp3) is 0.692.